The lowest BCUT2D eigenvalue weighted by molar-refractivity contribution is -0.141. The summed E-state index contributed by atoms with van der Waals surface area (Å²) < 4.78 is 35.1. The third-order valence-corrected chi connectivity index (χ3v) is 1.63. The Morgan fingerprint density at radius 2 is 1.65 bits per heavy atom. The molecule has 1 aromatic heterocycles. The summed E-state index contributed by atoms with van der Waals surface area (Å²) in [4.78, 5) is 6.36. The Bertz CT molecular complexity index is 431. The van der Waals surface area contributed by atoms with E-state index in [1.807, 2.05) is 6.07 Å². The van der Waals surface area contributed by atoms with E-state index in [0.717, 1.165) is 18.6 Å². The summed E-state index contributed by atoms with van der Waals surface area (Å²) in [6.45, 7) is 0. The van der Waals surface area contributed by atoms with E-state index in [9.17, 15) is 13.2 Å². The SMILES string of the molecule is FC(F)(F)c1ccncn1.Oc1ccccc1. The van der Waals surface area contributed by atoms with Gasteiger partial charge in [-0.3, -0.25) is 0 Å². The van der Waals surface area contributed by atoms with Crippen LogP contribution in [0.4, 0.5) is 13.2 Å². The molecular formula is C11H9F3N2O. The summed E-state index contributed by atoms with van der Waals surface area (Å²) in [7, 11) is 0. The predicted molar refractivity (Wildman–Crippen MR) is 55.1 cm³/mol. The molecule has 6 heteroatoms. The number of rotatable bonds is 0. The first kappa shape index (κ1) is 13.0. The molecular weight excluding hydrogens is 233 g/mol. The molecule has 0 saturated heterocycles. The van der Waals surface area contributed by atoms with Crippen LogP contribution < -0.4 is 0 Å². The second-order valence-electron chi connectivity index (χ2n) is 2.93. The molecule has 0 fully saturated rings. The average molecular weight is 242 g/mol. The van der Waals surface area contributed by atoms with Gasteiger partial charge in [0.2, 0.25) is 0 Å². The lowest BCUT2D eigenvalue weighted by atomic mass is 10.3. The first-order chi connectivity index (χ1) is 8.00. The molecule has 90 valence electrons. The highest BCUT2D eigenvalue weighted by molar-refractivity contribution is 5.18. The van der Waals surface area contributed by atoms with Crippen LogP contribution in [0.1, 0.15) is 5.69 Å². The number of para-hydroxylation sites is 1. The zero-order valence-corrected chi connectivity index (χ0v) is 8.59. The monoisotopic (exact) mass is 242 g/mol. The van der Waals surface area contributed by atoms with E-state index in [4.69, 9.17) is 5.11 Å². The molecule has 2 rings (SSSR count). The fourth-order valence-corrected chi connectivity index (χ4v) is 0.886. The Morgan fingerprint density at radius 3 is 1.94 bits per heavy atom. The smallest absolute Gasteiger partial charge is 0.433 e. The topological polar surface area (TPSA) is 46.0 Å². The van der Waals surface area contributed by atoms with E-state index in [-0.39, 0.29) is 0 Å². The lowest BCUT2D eigenvalue weighted by Gasteiger charge is -2.02. The van der Waals surface area contributed by atoms with Crippen molar-refractivity contribution in [3.63, 3.8) is 0 Å². The minimum absolute atomic E-state index is 0.322. The quantitative estimate of drug-likeness (QED) is 0.772. The molecule has 3 nitrogen and oxygen atoms in total. The van der Waals surface area contributed by atoms with E-state index < -0.39 is 11.9 Å². The Labute approximate surface area is 95.6 Å². The van der Waals surface area contributed by atoms with Gasteiger partial charge in [0, 0.05) is 6.20 Å². The third-order valence-electron chi connectivity index (χ3n) is 1.63. The van der Waals surface area contributed by atoms with Gasteiger partial charge in [-0.1, -0.05) is 18.2 Å². The Morgan fingerprint density at radius 1 is 1.00 bits per heavy atom. The van der Waals surface area contributed by atoms with E-state index >= 15 is 0 Å². The van der Waals surface area contributed by atoms with Gasteiger partial charge in [0.05, 0.1) is 0 Å². The number of benzene rings is 1. The molecule has 0 unspecified atom stereocenters. The third kappa shape index (κ3) is 4.96. The molecule has 0 aliphatic carbocycles. The number of hydrogen-bond donors (Lipinski definition) is 1. The van der Waals surface area contributed by atoms with Gasteiger partial charge in [-0.2, -0.15) is 13.2 Å². The summed E-state index contributed by atoms with van der Waals surface area (Å²) in [5, 5.41) is 8.63. The number of hydrogen-bond acceptors (Lipinski definition) is 3. The molecule has 17 heavy (non-hydrogen) atoms. The number of alkyl halides is 3. The van der Waals surface area contributed by atoms with Gasteiger partial charge in [0.25, 0.3) is 0 Å². The minimum atomic E-state index is -4.36. The van der Waals surface area contributed by atoms with Crippen molar-refractivity contribution in [1.82, 2.24) is 9.97 Å². The molecule has 0 aliphatic heterocycles. The van der Waals surface area contributed by atoms with Crippen molar-refractivity contribution < 1.29 is 18.3 Å². The molecule has 0 saturated carbocycles. The van der Waals surface area contributed by atoms with E-state index in [2.05, 4.69) is 9.97 Å². The maximum absolute atomic E-state index is 11.7. The van der Waals surface area contributed by atoms with E-state index in [0.29, 0.717) is 5.75 Å². The van der Waals surface area contributed by atoms with E-state index in [1.54, 1.807) is 24.3 Å². The van der Waals surface area contributed by atoms with Crippen LogP contribution >= 0.6 is 0 Å². The summed E-state index contributed by atoms with van der Waals surface area (Å²) in [6.07, 6.45) is -2.44. The zero-order valence-electron chi connectivity index (χ0n) is 8.59. The highest BCUT2D eigenvalue weighted by atomic mass is 19.4. The molecule has 1 heterocycles. The van der Waals surface area contributed by atoms with Crippen molar-refractivity contribution in [3.05, 3.63) is 54.6 Å². The minimum Gasteiger partial charge on any atom is -0.508 e. The van der Waals surface area contributed by atoms with Crippen molar-refractivity contribution in [1.29, 1.82) is 0 Å². The fourth-order valence-electron chi connectivity index (χ4n) is 0.886. The van der Waals surface area contributed by atoms with Crippen molar-refractivity contribution in [2.75, 3.05) is 0 Å². The van der Waals surface area contributed by atoms with Crippen molar-refractivity contribution in [2.24, 2.45) is 0 Å². The van der Waals surface area contributed by atoms with Gasteiger partial charge < -0.3 is 5.11 Å². The highest BCUT2D eigenvalue weighted by Gasteiger charge is 2.31. The Balaban J connectivity index is 0.000000181. The molecule has 0 bridgehead atoms. The van der Waals surface area contributed by atoms with Crippen LogP contribution in [-0.4, -0.2) is 15.1 Å². The number of aromatic nitrogens is 2. The number of phenolic OH excluding ortho intramolecular Hbond substituents is 1. The van der Waals surface area contributed by atoms with E-state index in [1.165, 1.54) is 0 Å². The van der Waals surface area contributed by atoms with Gasteiger partial charge in [0.15, 0.2) is 0 Å². The zero-order chi connectivity index (χ0) is 12.7. The molecule has 0 aliphatic rings. The van der Waals surface area contributed by atoms with Gasteiger partial charge in [-0.25, -0.2) is 9.97 Å². The molecule has 1 N–H and O–H groups in total. The average Bonchev–Trinajstić information content (AvgIpc) is 2.31. The summed E-state index contributed by atoms with van der Waals surface area (Å²) in [5.41, 5.74) is -0.914. The number of phenols is 1. The van der Waals surface area contributed by atoms with Crippen molar-refractivity contribution in [2.45, 2.75) is 6.18 Å². The first-order valence-corrected chi connectivity index (χ1v) is 4.57. The van der Waals surface area contributed by atoms with Crippen LogP contribution in [0.5, 0.6) is 5.75 Å². The van der Waals surface area contributed by atoms with Gasteiger partial charge in [-0.05, 0) is 18.2 Å². The number of nitrogens with zero attached hydrogens (tertiary/aromatic N) is 2. The van der Waals surface area contributed by atoms with Crippen LogP contribution in [0, 0.1) is 0 Å². The van der Waals surface area contributed by atoms with Crippen molar-refractivity contribution in [3.8, 4) is 5.75 Å². The maximum Gasteiger partial charge on any atom is 0.433 e. The molecule has 0 radical (unpaired) electrons. The van der Waals surface area contributed by atoms with Crippen molar-refractivity contribution >= 4 is 0 Å². The fraction of sp³-hybridized carbons (Fsp3) is 0.0909. The standard InChI is InChI=1S/C6H6O.C5H3F3N2/c7-6-4-2-1-3-5-6;6-5(7,8)4-1-2-9-3-10-4/h1-5,7H;1-3H. The van der Waals surface area contributed by atoms with Gasteiger partial charge >= 0.3 is 6.18 Å². The second kappa shape index (κ2) is 5.83. The van der Waals surface area contributed by atoms with Gasteiger partial charge in [-0.15, -0.1) is 0 Å². The molecule has 0 spiro atoms. The normalized spacial score (nSPS) is 10.3. The van der Waals surface area contributed by atoms with Crippen LogP contribution in [0.15, 0.2) is 48.9 Å². The molecule has 1 aromatic carbocycles. The second-order valence-corrected chi connectivity index (χ2v) is 2.93. The first-order valence-electron chi connectivity index (χ1n) is 4.57. The largest absolute Gasteiger partial charge is 0.508 e. The maximum atomic E-state index is 11.7. The number of halogens is 3. The predicted octanol–water partition coefficient (Wildman–Crippen LogP) is 2.89. The summed E-state index contributed by atoms with van der Waals surface area (Å²) in [5.74, 6) is 0.322. The molecule has 0 atom stereocenters. The molecule has 0 amide bonds. The summed E-state index contributed by atoms with van der Waals surface area (Å²) >= 11 is 0. The van der Waals surface area contributed by atoms with Crippen LogP contribution in [0.2, 0.25) is 0 Å². The highest BCUT2D eigenvalue weighted by Crippen LogP contribution is 2.26. The van der Waals surface area contributed by atoms with Crippen LogP contribution in [0.3, 0.4) is 0 Å². The van der Waals surface area contributed by atoms with Gasteiger partial charge in [0.1, 0.15) is 17.8 Å². The van der Waals surface area contributed by atoms with Crippen LogP contribution in [0.25, 0.3) is 0 Å². The Kier molecular flexibility index (Phi) is 4.45. The summed E-state index contributed by atoms with van der Waals surface area (Å²) in [6, 6.07) is 9.53. The lowest BCUT2D eigenvalue weighted by Crippen LogP contribution is -2.07. The number of aromatic hydroxyl groups is 1. The Hall–Kier alpha value is -2.11. The van der Waals surface area contributed by atoms with Crippen LogP contribution in [-0.2, 0) is 6.18 Å². The molecule has 2 aromatic rings.